The highest BCUT2D eigenvalue weighted by Crippen LogP contribution is 2.42. The van der Waals surface area contributed by atoms with E-state index in [1.54, 1.807) is 4.90 Å². The number of halogens is 3. The fraction of sp³-hybridized carbons (Fsp3) is 0.435. The standard InChI is InChI=1S/C23H22F3N3O6/c1-12-2-3-23(10-34-11-35-23)20-9-27(12)22(32)18-6-19(30)15(7-28(18)20)21(31)29(33)8-14-16(25)4-13(24)5-17(14)26/h4-7,12,20,33H,2-3,8-11H2,1H3. The first-order valence-electron chi connectivity index (χ1n) is 11.0. The van der Waals surface area contributed by atoms with E-state index in [9.17, 15) is 32.8 Å². The number of carbonyl (C=O) groups excluding carboxylic acids is 2. The Kier molecular flexibility index (Phi) is 5.69. The molecule has 2 amide bonds. The lowest BCUT2D eigenvalue weighted by Gasteiger charge is -2.42. The van der Waals surface area contributed by atoms with E-state index in [1.807, 2.05) is 6.92 Å². The molecule has 3 atom stereocenters. The first kappa shape index (κ1) is 23.5. The molecule has 2 aromatic rings. The van der Waals surface area contributed by atoms with E-state index in [0.29, 0.717) is 25.0 Å². The molecule has 3 unspecified atom stereocenters. The SMILES string of the molecule is CC1CCC2(COCO2)C2CN1C(=O)c1cc(=O)c(C(=O)N(O)Cc3c(F)cc(F)cc3F)cn12. The van der Waals surface area contributed by atoms with E-state index in [2.05, 4.69) is 0 Å². The summed E-state index contributed by atoms with van der Waals surface area (Å²) >= 11 is 0. The lowest BCUT2D eigenvalue weighted by atomic mass is 9.89. The van der Waals surface area contributed by atoms with Crippen molar-refractivity contribution in [3.63, 3.8) is 0 Å². The molecule has 3 aliphatic rings. The number of fused-ring (bicyclic) bond motifs is 5. The molecule has 12 heteroatoms. The number of benzene rings is 1. The van der Waals surface area contributed by atoms with Crippen molar-refractivity contribution in [2.24, 2.45) is 0 Å². The molecule has 2 bridgehead atoms. The van der Waals surface area contributed by atoms with Gasteiger partial charge in [-0.05, 0) is 19.8 Å². The van der Waals surface area contributed by atoms with Crippen LogP contribution in [-0.4, -0.2) is 63.1 Å². The van der Waals surface area contributed by atoms with Gasteiger partial charge in [0.05, 0.1) is 19.2 Å². The number of hydrogen-bond donors (Lipinski definition) is 1. The third-order valence-corrected chi connectivity index (χ3v) is 7.04. The van der Waals surface area contributed by atoms with Crippen LogP contribution in [0.25, 0.3) is 0 Å². The van der Waals surface area contributed by atoms with Gasteiger partial charge < -0.3 is 18.9 Å². The second kappa shape index (κ2) is 8.47. The normalized spacial score (nSPS) is 25.5. The van der Waals surface area contributed by atoms with E-state index < -0.39 is 58.1 Å². The van der Waals surface area contributed by atoms with Crippen LogP contribution >= 0.6 is 0 Å². The summed E-state index contributed by atoms with van der Waals surface area (Å²) in [5.41, 5.74) is -2.83. The molecular weight excluding hydrogens is 471 g/mol. The molecule has 2 fully saturated rings. The molecule has 186 valence electrons. The Hall–Kier alpha value is -3.22. The van der Waals surface area contributed by atoms with Gasteiger partial charge in [0.1, 0.15) is 41.1 Å². The molecule has 0 radical (unpaired) electrons. The molecule has 4 heterocycles. The molecule has 9 nitrogen and oxygen atoms in total. The van der Waals surface area contributed by atoms with Crippen molar-refractivity contribution < 1.29 is 37.4 Å². The van der Waals surface area contributed by atoms with Gasteiger partial charge in [0, 0.05) is 42.5 Å². The van der Waals surface area contributed by atoms with Gasteiger partial charge in [0.2, 0.25) is 0 Å². The molecule has 1 spiro atoms. The van der Waals surface area contributed by atoms with Crippen LogP contribution in [-0.2, 0) is 16.0 Å². The Bertz CT molecular complexity index is 1250. The number of aromatic nitrogens is 1. The smallest absolute Gasteiger partial charge is 0.283 e. The predicted octanol–water partition coefficient (Wildman–Crippen LogP) is 2.22. The van der Waals surface area contributed by atoms with E-state index in [1.165, 1.54) is 10.8 Å². The van der Waals surface area contributed by atoms with Crippen molar-refractivity contribution in [2.75, 3.05) is 19.9 Å². The van der Waals surface area contributed by atoms with Gasteiger partial charge in [-0.3, -0.25) is 19.6 Å². The summed E-state index contributed by atoms with van der Waals surface area (Å²) in [4.78, 5) is 40.5. The Balaban J connectivity index is 1.53. The highest BCUT2D eigenvalue weighted by molar-refractivity contribution is 5.96. The molecule has 5 rings (SSSR count). The number of nitrogens with zero attached hydrogens (tertiary/aromatic N) is 3. The molecule has 1 N–H and O–H groups in total. The van der Waals surface area contributed by atoms with Crippen LogP contribution in [0.15, 0.2) is 29.2 Å². The predicted molar refractivity (Wildman–Crippen MR) is 112 cm³/mol. The molecular formula is C23H22F3N3O6. The second-order valence-corrected chi connectivity index (χ2v) is 9.09. The summed E-state index contributed by atoms with van der Waals surface area (Å²) in [6.45, 7) is 1.54. The van der Waals surface area contributed by atoms with Crippen molar-refractivity contribution >= 4 is 11.8 Å². The Morgan fingerprint density at radius 2 is 1.94 bits per heavy atom. The summed E-state index contributed by atoms with van der Waals surface area (Å²) in [7, 11) is 0. The minimum absolute atomic E-state index is 0.0276. The number of hydroxylamine groups is 2. The molecule has 3 aliphatic heterocycles. The molecule has 1 aromatic heterocycles. The zero-order valence-corrected chi connectivity index (χ0v) is 18.7. The number of rotatable bonds is 3. The van der Waals surface area contributed by atoms with Gasteiger partial charge in [-0.15, -0.1) is 0 Å². The van der Waals surface area contributed by atoms with Crippen LogP contribution < -0.4 is 5.43 Å². The molecule has 0 aliphatic carbocycles. The molecule has 35 heavy (non-hydrogen) atoms. The highest BCUT2D eigenvalue weighted by Gasteiger charge is 2.51. The summed E-state index contributed by atoms with van der Waals surface area (Å²) < 4.78 is 54.1. The topological polar surface area (TPSA) is 101 Å². The van der Waals surface area contributed by atoms with Crippen LogP contribution in [0.4, 0.5) is 13.2 Å². The molecule has 1 aromatic carbocycles. The van der Waals surface area contributed by atoms with Gasteiger partial charge in [-0.1, -0.05) is 0 Å². The van der Waals surface area contributed by atoms with Gasteiger partial charge >= 0.3 is 0 Å². The third-order valence-electron chi connectivity index (χ3n) is 7.04. The number of pyridine rings is 1. The van der Waals surface area contributed by atoms with Crippen molar-refractivity contribution in [3.05, 3.63) is 68.9 Å². The van der Waals surface area contributed by atoms with Crippen LogP contribution in [0.3, 0.4) is 0 Å². The number of amides is 2. The van der Waals surface area contributed by atoms with Crippen LogP contribution in [0.1, 0.15) is 52.2 Å². The third kappa shape index (κ3) is 3.81. The van der Waals surface area contributed by atoms with Gasteiger partial charge in [-0.2, -0.15) is 0 Å². The first-order valence-corrected chi connectivity index (χ1v) is 11.0. The Labute approximate surface area is 197 Å². The largest absolute Gasteiger partial charge is 0.352 e. The van der Waals surface area contributed by atoms with Crippen LogP contribution in [0, 0.1) is 17.5 Å². The Morgan fingerprint density at radius 3 is 2.60 bits per heavy atom. The average Bonchev–Trinajstić information content (AvgIpc) is 3.24. The van der Waals surface area contributed by atoms with Gasteiger partial charge in [0.15, 0.2) is 5.43 Å². The van der Waals surface area contributed by atoms with Gasteiger partial charge in [-0.25, -0.2) is 18.2 Å². The monoisotopic (exact) mass is 493 g/mol. The fourth-order valence-electron chi connectivity index (χ4n) is 5.05. The lowest BCUT2D eigenvalue weighted by Crippen LogP contribution is -2.53. The number of carbonyl (C=O) groups is 2. The van der Waals surface area contributed by atoms with Crippen LogP contribution in [0.2, 0.25) is 0 Å². The lowest BCUT2D eigenvalue weighted by molar-refractivity contribution is -0.0663. The quantitative estimate of drug-likeness (QED) is 0.520. The van der Waals surface area contributed by atoms with E-state index in [-0.39, 0.29) is 42.7 Å². The zero-order chi connectivity index (χ0) is 25.1. The highest BCUT2D eigenvalue weighted by atomic mass is 19.1. The summed E-state index contributed by atoms with van der Waals surface area (Å²) in [5, 5.41) is 10.2. The number of hydrogen-bond acceptors (Lipinski definition) is 6. The summed E-state index contributed by atoms with van der Waals surface area (Å²) in [5.74, 6) is -5.36. The number of ether oxygens (including phenoxy) is 2. The van der Waals surface area contributed by atoms with Gasteiger partial charge in [0.25, 0.3) is 11.8 Å². The van der Waals surface area contributed by atoms with Crippen LogP contribution in [0.5, 0.6) is 0 Å². The summed E-state index contributed by atoms with van der Waals surface area (Å²) in [6.07, 6.45) is 2.39. The minimum atomic E-state index is -1.30. The van der Waals surface area contributed by atoms with E-state index >= 15 is 0 Å². The van der Waals surface area contributed by atoms with E-state index in [4.69, 9.17) is 9.47 Å². The van der Waals surface area contributed by atoms with Crippen molar-refractivity contribution in [1.82, 2.24) is 14.5 Å². The molecule has 2 saturated heterocycles. The van der Waals surface area contributed by atoms with Crippen molar-refractivity contribution in [2.45, 2.75) is 44.0 Å². The molecule has 0 saturated carbocycles. The Morgan fingerprint density at radius 1 is 1.23 bits per heavy atom. The van der Waals surface area contributed by atoms with Crippen molar-refractivity contribution in [3.8, 4) is 0 Å². The zero-order valence-electron chi connectivity index (χ0n) is 18.7. The minimum Gasteiger partial charge on any atom is -0.352 e. The fourth-order valence-corrected chi connectivity index (χ4v) is 5.05. The average molecular weight is 493 g/mol. The van der Waals surface area contributed by atoms with Crippen molar-refractivity contribution in [1.29, 1.82) is 0 Å². The maximum absolute atomic E-state index is 14.0. The first-order chi connectivity index (χ1) is 16.6. The van der Waals surface area contributed by atoms with E-state index in [0.717, 1.165) is 6.07 Å². The maximum Gasteiger partial charge on any atom is 0.283 e. The second-order valence-electron chi connectivity index (χ2n) is 9.09. The summed E-state index contributed by atoms with van der Waals surface area (Å²) in [6, 6.07) is 1.26. The maximum atomic E-state index is 14.0.